The quantitative estimate of drug-likeness (QED) is 0.857. The van der Waals surface area contributed by atoms with Crippen LogP contribution in [0.5, 0.6) is 0 Å². The SMILES string of the molecule is CCC(N)(CC)CNC(=O)c1cc2cnn(C(C)C)c2nc1C. The van der Waals surface area contributed by atoms with Gasteiger partial charge in [-0.05, 0) is 39.7 Å². The van der Waals surface area contributed by atoms with E-state index < -0.39 is 0 Å². The second kappa shape index (κ2) is 6.66. The molecule has 0 aromatic carbocycles. The molecule has 0 saturated carbocycles. The van der Waals surface area contributed by atoms with E-state index in [0.29, 0.717) is 17.8 Å². The number of aryl methyl sites for hydroxylation is 1. The molecule has 6 heteroatoms. The predicted octanol–water partition coefficient (Wildman–Crippen LogP) is 2.57. The molecule has 0 saturated heterocycles. The van der Waals surface area contributed by atoms with Crippen LogP contribution in [-0.4, -0.2) is 32.8 Å². The lowest BCUT2D eigenvalue weighted by molar-refractivity contribution is 0.0941. The van der Waals surface area contributed by atoms with E-state index in [0.717, 1.165) is 23.9 Å². The van der Waals surface area contributed by atoms with Gasteiger partial charge in [0.1, 0.15) is 0 Å². The number of nitrogens with one attached hydrogen (secondary N) is 1. The van der Waals surface area contributed by atoms with Crippen molar-refractivity contribution in [1.29, 1.82) is 0 Å². The van der Waals surface area contributed by atoms with E-state index in [-0.39, 0.29) is 17.5 Å². The van der Waals surface area contributed by atoms with Crippen LogP contribution in [0.4, 0.5) is 0 Å². The summed E-state index contributed by atoms with van der Waals surface area (Å²) in [6.45, 7) is 10.5. The lowest BCUT2D eigenvalue weighted by Gasteiger charge is -2.26. The summed E-state index contributed by atoms with van der Waals surface area (Å²) in [6.07, 6.45) is 3.40. The molecule has 0 radical (unpaired) electrons. The van der Waals surface area contributed by atoms with E-state index in [1.807, 2.05) is 31.5 Å². The fourth-order valence-corrected chi connectivity index (χ4v) is 2.53. The van der Waals surface area contributed by atoms with Crippen molar-refractivity contribution in [2.45, 2.75) is 59.0 Å². The van der Waals surface area contributed by atoms with Crippen LogP contribution in [0.25, 0.3) is 11.0 Å². The van der Waals surface area contributed by atoms with E-state index in [9.17, 15) is 4.79 Å². The smallest absolute Gasteiger partial charge is 0.253 e. The molecule has 0 spiro atoms. The number of pyridine rings is 1. The fourth-order valence-electron chi connectivity index (χ4n) is 2.53. The molecule has 2 aromatic rings. The van der Waals surface area contributed by atoms with E-state index in [4.69, 9.17) is 5.73 Å². The maximum Gasteiger partial charge on any atom is 0.253 e. The van der Waals surface area contributed by atoms with E-state index in [1.165, 1.54) is 0 Å². The molecule has 0 fully saturated rings. The van der Waals surface area contributed by atoms with Crippen LogP contribution in [0.3, 0.4) is 0 Å². The van der Waals surface area contributed by atoms with Gasteiger partial charge in [0.25, 0.3) is 5.91 Å². The van der Waals surface area contributed by atoms with Crippen molar-refractivity contribution in [1.82, 2.24) is 20.1 Å². The van der Waals surface area contributed by atoms with E-state index >= 15 is 0 Å². The summed E-state index contributed by atoms with van der Waals surface area (Å²) in [4.78, 5) is 17.1. The van der Waals surface area contributed by atoms with Gasteiger partial charge in [-0.15, -0.1) is 0 Å². The van der Waals surface area contributed by atoms with Crippen molar-refractivity contribution < 1.29 is 4.79 Å². The number of rotatable bonds is 6. The van der Waals surface area contributed by atoms with Gasteiger partial charge in [-0.1, -0.05) is 13.8 Å². The molecule has 6 nitrogen and oxygen atoms in total. The lowest BCUT2D eigenvalue weighted by Crippen LogP contribution is -2.49. The highest BCUT2D eigenvalue weighted by atomic mass is 16.1. The Kier molecular flexibility index (Phi) is 5.04. The molecular weight excluding hydrogens is 290 g/mol. The molecule has 0 atom stereocenters. The van der Waals surface area contributed by atoms with Gasteiger partial charge in [0.15, 0.2) is 5.65 Å². The topological polar surface area (TPSA) is 85.8 Å². The van der Waals surface area contributed by atoms with E-state index in [2.05, 4.69) is 29.2 Å². The summed E-state index contributed by atoms with van der Waals surface area (Å²) in [5, 5.41) is 8.17. The summed E-state index contributed by atoms with van der Waals surface area (Å²) in [5.74, 6) is -0.133. The average molecular weight is 317 g/mol. The van der Waals surface area contributed by atoms with Crippen molar-refractivity contribution in [2.75, 3.05) is 6.54 Å². The van der Waals surface area contributed by atoms with Crippen LogP contribution in [0.1, 0.15) is 62.6 Å². The number of fused-ring (bicyclic) bond motifs is 1. The van der Waals surface area contributed by atoms with Gasteiger partial charge in [0.05, 0.1) is 17.5 Å². The Hall–Kier alpha value is -1.95. The van der Waals surface area contributed by atoms with Crippen LogP contribution in [0, 0.1) is 6.92 Å². The first-order chi connectivity index (χ1) is 10.8. The Morgan fingerprint density at radius 3 is 2.61 bits per heavy atom. The number of nitrogens with zero attached hydrogens (tertiary/aromatic N) is 3. The molecule has 0 unspecified atom stereocenters. The van der Waals surface area contributed by atoms with Crippen LogP contribution < -0.4 is 11.1 Å². The molecule has 1 amide bonds. The van der Waals surface area contributed by atoms with Gasteiger partial charge in [-0.2, -0.15) is 5.10 Å². The molecular formula is C17H27N5O. The van der Waals surface area contributed by atoms with Gasteiger partial charge >= 0.3 is 0 Å². The molecule has 0 aliphatic heterocycles. The van der Waals surface area contributed by atoms with Crippen molar-refractivity contribution in [3.63, 3.8) is 0 Å². The summed E-state index contributed by atoms with van der Waals surface area (Å²) in [7, 11) is 0. The second-order valence-electron chi connectivity index (χ2n) is 6.47. The third-order valence-electron chi connectivity index (χ3n) is 4.50. The van der Waals surface area contributed by atoms with Crippen LogP contribution in [0.15, 0.2) is 12.3 Å². The average Bonchev–Trinajstić information content (AvgIpc) is 2.94. The zero-order valence-corrected chi connectivity index (χ0v) is 14.7. The number of aromatic nitrogens is 3. The van der Waals surface area contributed by atoms with Gasteiger partial charge < -0.3 is 11.1 Å². The normalized spacial score (nSPS) is 12.1. The molecule has 0 aliphatic rings. The first kappa shape index (κ1) is 17.4. The van der Waals surface area contributed by atoms with Crippen molar-refractivity contribution in [2.24, 2.45) is 5.73 Å². The number of nitrogens with two attached hydrogens (primary N) is 1. The number of amides is 1. The summed E-state index contributed by atoms with van der Waals surface area (Å²) < 4.78 is 1.86. The molecule has 2 rings (SSSR count). The van der Waals surface area contributed by atoms with Crippen LogP contribution in [-0.2, 0) is 0 Å². The molecule has 2 heterocycles. The summed E-state index contributed by atoms with van der Waals surface area (Å²) in [5.41, 5.74) is 7.98. The Morgan fingerprint density at radius 2 is 2.04 bits per heavy atom. The number of carbonyl (C=O) groups is 1. The van der Waals surface area contributed by atoms with Gasteiger partial charge in [0, 0.05) is 23.5 Å². The van der Waals surface area contributed by atoms with Gasteiger partial charge in [-0.3, -0.25) is 4.79 Å². The Labute approximate surface area is 137 Å². The largest absolute Gasteiger partial charge is 0.350 e. The Bertz CT molecular complexity index is 700. The predicted molar refractivity (Wildman–Crippen MR) is 92.5 cm³/mol. The number of carbonyl (C=O) groups excluding carboxylic acids is 1. The fraction of sp³-hybridized carbons (Fsp3) is 0.588. The van der Waals surface area contributed by atoms with E-state index in [1.54, 1.807) is 6.20 Å². The maximum atomic E-state index is 12.5. The number of hydrogen-bond donors (Lipinski definition) is 2. The second-order valence-corrected chi connectivity index (χ2v) is 6.47. The molecule has 3 N–H and O–H groups in total. The Balaban J connectivity index is 2.26. The zero-order chi connectivity index (χ0) is 17.2. The maximum absolute atomic E-state index is 12.5. The lowest BCUT2D eigenvalue weighted by atomic mass is 9.94. The van der Waals surface area contributed by atoms with Crippen molar-refractivity contribution >= 4 is 16.9 Å². The molecule has 0 bridgehead atoms. The highest BCUT2D eigenvalue weighted by Crippen LogP contribution is 2.19. The Morgan fingerprint density at radius 1 is 1.39 bits per heavy atom. The van der Waals surface area contributed by atoms with Crippen LogP contribution >= 0.6 is 0 Å². The highest BCUT2D eigenvalue weighted by Gasteiger charge is 2.22. The first-order valence-electron chi connectivity index (χ1n) is 8.23. The van der Waals surface area contributed by atoms with Gasteiger partial charge in [-0.25, -0.2) is 9.67 Å². The molecule has 0 aliphatic carbocycles. The van der Waals surface area contributed by atoms with Crippen molar-refractivity contribution in [3.05, 3.63) is 23.5 Å². The van der Waals surface area contributed by atoms with Crippen molar-refractivity contribution in [3.8, 4) is 0 Å². The van der Waals surface area contributed by atoms with Gasteiger partial charge in [0.2, 0.25) is 0 Å². The highest BCUT2D eigenvalue weighted by molar-refractivity contribution is 5.98. The molecule has 126 valence electrons. The monoisotopic (exact) mass is 317 g/mol. The first-order valence-corrected chi connectivity index (χ1v) is 8.23. The summed E-state index contributed by atoms with van der Waals surface area (Å²) in [6, 6.07) is 2.08. The minimum atomic E-state index is -0.358. The summed E-state index contributed by atoms with van der Waals surface area (Å²) >= 11 is 0. The standard InChI is InChI=1S/C17H27N5O/c1-6-17(18,7-2)10-19-16(23)14-8-13-9-20-22(11(3)4)15(13)21-12(14)5/h8-9,11H,6-7,10,18H2,1-5H3,(H,19,23). The number of hydrogen-bond acceptors (Lipinski definition) is 4. The van der Waals surface area contributed by atoms with Crippen LogP contribution in [0.2, 0.25) is 0 Å². The third kappa shape index (κ3) is 3.52. The minimum absolute atomic E-state index is 0.133. The zero-order valence-electron chi connectivity index (χ0n) is 14.7. The molecule has 2 aromatic heterocycles. The molecule has 23 heavy (non-hydrogen) atoms. The minimum Gasteiger partial charge on any atom is -0.350 e. The third-order valence-corrected chi connectivity index (χ3v) is 4.50.